The lowest BCUT2D eigenvalue weighted by Gasteiger charge is -2.41. The molecule has 0 aromatic heterocycles. The second-order valence-electron chi connectivity index (χ2n) is 7.20. The van der Waals surface area contributed by atoms with E-state index in [1.807, 2.05) is 24.3 Å². The number of nitrogens with one attached hydrogen (secondary N) is 2. The minimum atomic E-state index is 0.397. The third-order valence-electron chi connectivity index (χ3n) is 4.94. The van der Waals surface area contributed by atoms with Crippen LogP contribution < -0.4 is 15.0 Å². The predicted molar refractivity (Wildman–Crippen MR) is 105 cm³/mol. The van der Waals surface area contributed by atoms with Crippen molar-refractivity contribution >= 4 is 23.0 Å². The van der Waals surface area contributed by atoms with Crippen molar-refractivity contribution in [3.63, 3.8) is 0 Å². The van der Waals surface area contributed by atoms with Crippen molar-refractivity contribution in [2.45, 2.75) is 58.7 Å². The van der Waals surface area contributed by atoms with Crippen molar-refractivity contribution < 1.29 is 9.64 Å². The largest absolute Gasteiger partial charge is 0.497 e. The average molecular weight is 351 g/mol. The molecular weight excluding hydrogens is 318 g/mol. The summed E-state index contributed by atoms with van der Waals surface area (Å²) < 4.78 is 5.21. The molecule has 0 spiro atoms. The lowest BCUT2D eigenvalue weighted by atomic mass is 10.0. The molecule has 2 rings (SSSR count). The first-order valence-electron chi connectivity index (χ1n) is 9.00. The van der Waals surface area contributed by atoms with E-state index >= 15 is 0 Å². The monoisotopic (exact) mass is 350 g/mol. The van der Waals surface area contributed by atoms with Crippen LogP contribution in [0.4, 0.5) is 5.69 Å². The molecule has 0 bridgehead atoms. The van der Waals surface area contributed by atoms with E-state index in [1.54, 1.807) is 12.0 Å². The molecular formula is C19H32N3OS+. The molecule has 4 nitrogen and oxygen atoms in total. The maximum atomic E-state index is 5.73. The van der Waals surface area contributed by atoms with Gasteiger partial charge >= 0.3 is 0 Å². The molecule has 0 amide bonds. The minimum absolute atomic E-state index is 0.397. The van der Waals surface area contributed by atoms with Gasteiger partial charge in [-0.15, -0.1) is 0 Å². The molecule has 1 aromatic rings. The number of nitrogens with zero attached hydrogens (tertiary/aromatic N) is 1. The number of benzene rings is 1. The zero-order valence-corrected chi connectivity index (χ0v) is 16.5. The zero-order valence-electron chi connectivity index (χ0n) is 15.6. The van der Waals surface area contributed by atoms with Crippen LogP contribution in [0.5, 0.6) is 5.75 Å². The second-order valence-corrected chi connectivity index (χ2v) is 7.59. The Bertz CT molecular complexity index is 522. The van der Waals surface area contributed by atoms with Crippen LogP contribution in [0.2, 0.25) is 0 Å². The van der Waals surface area contributed by atoms with E-state index in [9.17, 15) is 0 Å². The Labute approximate surface area is 152 Å². The number of thiocarbonyl (C=S) groups is 1. The van der Waals surface area contributed by atoms with Gasteiger partial charge in [-0.1, -0.05) is 0 Å². The molecule has 1 aliphatic heterocycles. The summed E-state index contributed by atoms with van der Waals surface area (Å²) in [6.45, 7) is 11.5. The summed E-state index contributed by atoms with van der Waals surface area (Å²) in [5.74, 6) is 0.858. The highest BCUT2D eigenvalue weighted by Gasteiger charge is 2.30. The fourth-order valence-electron chi connectivity index (χ4n) is 3.51. The normalized spacial score (nSPS) is 21.0. The molecule has 134 valence electrons. The predicted octanol–water partition coefficient (Wildman–Crippen LogP) is 2.56. The summed E-state index contributed by atoms with van der Waals surface area (Å²) in [6, 6.07) is 9.57. The van der Waals surface area contributed by atoms with E-state index in [-0.39, 0.29) is 0 Å². The maximum absolute atomic E-state index is 5.73. The number of rotatable bonds is 5. The Kier molecular flexibility index (Phi) is 6.87. The Hall–Kier alpha value is -1.33. The first-order chi connectivity index (χ1) is 11.4. The molecule has 1 aliphatic rings. The summed E-state index contributed by atoms with van der Waals surface area (Å²) in [7, 11) is 1.68. The van der Waals surface area contributed by atoms with Crippen molar-refractivity contribution in [1.29, 1.82) is 0 Å². The van der Waals surface area contributed by atoms with Crippen molar-refractivity contribution in [2.75, 3.05) is 25.5 Å². The number of quaternary nitrogens is 1. The van der Waals surface area contributed by atoms with Gasteiger partial charge in [0, 0.05) is 30.6 Å². The topological polar surface area (TPSA) is 28.9 Å². The van der Waals surface area contributed by atoms with Crippen LogP contribution in [0.3, 0.4) is 0 Å². The summed E-state index contributed by atoms with van der Waals surface area (Å²) in [4.78, 5) is 4.10. The number of hydrogen-bond donors (Lipinski definition) is 2. The minimum Gasteiger partial charge on any atom is -0.497 e. The van der Waals surface area contributed by atoms with Gasteiger partial charge in [-0.25, -0.2) is 0 Å². The lowest BCUT2D eigenvalue weighted by Crippen LogP contribution is -3.16. The fourth-order valence-corrected chi connectivity index (χ4v) is 3.99. The van der Waals surface area contributed by atoms with E-state index in [1.165, 1.54) is 25.9 Å². The maximum Gasteiger partial charge on any atom is 0.173 e. The van der Waals surface area contributed by atoms with Crippen molar-refractivity contribution in [2.24, 2.45) is 0 Å². The summed E-state index contributed by atoms with van der Waals surface area (Å²) in [6.07, 6.45) is 2.41. The van der Waals surface area contributed by atoms with E-state index in [0.717, 1.165) is 16.5 Å². The molecule has 24 heavy (non-hydrogen) atoms. The van der Waals surface area contributed by atoms with Crippen LogP contribution in [0.1, 0.15) is 40.5 Å². The van der Waals surface area contributed by atoms with Crippen LogP contribution >= 0.6 is 12.2 Å². The van der Waals surface area contributed by atoms with Gasteiger partial charge in [0.15, 0.2) is 5.11 Å². The number of ether oxygens (including phenoxy) is 1. The zero-order chi connectivity index (χ0) is 17.7. The van der Waals surface area contributed by atoms with Crippen LogP contribution in [0.15, 0.2) is 24.3 Å². The number of likely N-dealkylation sites (tertiary alicyclic amines) is 1. The molecule has 0 unspecified atom stereocenters. The van der Waals surface area contributed by atoms with Crippen LogP contribution in [0, 0.1) is 0 Å². The van der Waals surface area contributed by atoms with Crippen molar-refractivity contribution in [3.05, 3.63) is 24.3 Å². The van der Waals surface area contributed by atoms with Gasteiger partial charge in [0.1, 0.15) is 5.75 Å². The van der Waals surface area contributed by atoms with Gasteiger partial charge < -0.3 is 19.9 Å². The number of hydrogen-bond acceptors (Lipinski definition) is 2. The molecule has 1 aromatic carbocycles. The molecule has 0 aliphatic carbocycles. The Morgan fingerprint density at radius 1 is 1.17 bits per heavy atom. The number of methoxy groups -OCH3 is 1. The smallest absolute Gasteiger partial charge is 0.173 e. The Morgan fingerprint density at radius 3 is 2.21 bits per heavy atom. The summed E-state index contributed by atoms with van der Waals surface area (Å²) >= 11 is 5.73. The van der Waals surface area contributed by atoms with Gasteiger partial charge in [0.2, 0.25) is 0 Å². The van der Waals surface area contributed by atoms with Gasteiger partial charge in [-0.05, 0) is 64.2 Å². The van der Waals surface area contributed by atoms with E-state index in [2.05, 4.69) is 37.9 Å². The molecule has 0 atom stereocenters. The SMILES string of the molecule is COc1ccc(NC(=S)N(C(C)C)C2CC[NH+](C(C)C)CC2)cc1. The van der Waals surface area contributed by atoms with Gasteiger partial charge in [0.05, 0.1) is 26.2 Å². The van der Waals surface area contributed by atoms with Crippen LogP contribution in [-0.2, 0) is 0 Å². The van der Waals surface area contributed by atoms with Gasteiger partial charge in [-0.2, -0.15) is 0 Å². The molecule has 1 saturated heterocycles. The third kappa shape index (κ3) is 4.84. The highest BCUT2D eigenvalue weighted by molar-refractivity contribution is 7.80. The Morgan fingerprint density at radius 2 is 1.75 bits per heavy atom. The highest BCUT2D eigenvalue weighted by atomic mass is 32.1. The lowest BCUT2D eigenvalue weighted by molar-refractivity contribution is -0.926. The molecule has 1 heterocycles. The van der Waals surface area contributed by atoms with E-state index < -0.39 is 0 Å². The summed E-state index contributed by atoms with van der Waals surface area (Å²) in [5, 5.41) is 4.23. The van der Waals surface area contributed by atoms with Crippen LogP contribution in [-0.4, -0.2) is 48.3 Å². The second kappa shape index (κ2) is 8.67. The first kappa shape index (κ1) is 19.0. The molecule has 1 fully saturated rings. The fraction of sp³-hybridized carbons (Fsp3) is 0.632. The first-order valence-corrected chi connectivity index (χ1v) is 9.41. The van der Waals surface area contributed by atoms with E-state index in [0.29, 0.717) is 18.1 Å². The standard InChI is InChI=1S/C19H31N3OS/c1-14(2)21-12-10-17(11-13-21)22(15(3)4)19(24)20-16-6-8-18(23-5)9-7-16/h6-9,14-15,17H,10-13H2,1-5H3,(H,20,24)/p+1. The number of anilines is 1. The average Bonchev–Trinajstić information content (AvgIpc) is 2.56. The van der Waals surface area contributed by atoms with Crippen molar-refractivity contribution in [1.82, 2.24) is 4.90 Å². The number of piperidine rings is 1. The summed E-state index contributed by atoms with van der Waals surface area (Å²) in [5.41, 5.74) is 1.01. The van der Waals surface area contributed by atoms with Crippen molar-refractivity contribution in [3.8, 4) is 5.75 Å². The molecule has 5 heteroatoms. The quantitative estimate of drug-likeness (QED) is 0.799. The molecule has 2 N–H and O–H groups in total. The molecule has 0 saturated carbocycles. The van der Waals surface area contributed by atoms with Crippen LogP contribution in [0.25, 0.3) is 0 Å². The van der Waals surface area contributed by atoms with E-state index in [4.69, 9.17) is 17.0 Å². The van der Waals surface area contributed by atoms with Gasteiger partial charge in [0.25, 0.3) is 0 Å². The van der Waals surface area contributed by atoms with Gasteiger partial charge in [-0.3, -0.25) is 0 Å². The molecule has 0 radical (unpaired) electrons. The highest BCUT2D eigenvalue weighted by Crippen LogP contribution is 2.19. The Balaban J connectivity index is 2.00. The third-order valence-corrected chi connectivity index (χ3v) is 5.25.